The van der Waals surface area contributed by atoms with E-state index >= 15 is 0 Å². The van der Waals surface area contributed by atoms with Gasteiger partial charge in [-0.15, -0.1) is 0 Å². The van der Waals surface area contributed by atoms with Crippen LogP contribution in [0.4, 0.5) is 5.82 Å². The fourth-order valence-corrected chi connectivity index (χ4v) is 2.73. The lowest BCUT2D eigenvalue weighted by molar-refractivity contribution is -0.126. The highest BCUT2D eigenvalue weighted by Gasteiger charge is 2.21. The molecule has 0 spiro atoms. The third-order valence-corrected chi connectivity index (χ3v) is 4.20. The molecule has 0 unspecified atom stereocenters. The summed E-state index contributed by atoms with van der Waals surface area (Å²) in [5, 5.41) is 18.2. The van der Waals surface area contributed by atoms with Gasteiger partial charge in [0.2, 0.25) is 5.91 Å². The fraction of sp³-hybridized carbons (Fsp3) is 0.222. The van der Waals surface area contributed by atoms with Crippen LogP contribution < -0.4 is 10.4 Å². The van der Waals surface area contributed by atoms with Gasteiger partial charge in [0.05, 0.1) is 0 Å². The highest BCUT2D eigenvalue weighted by atomic mass is 16.4. The van der Waals surface area contributed by atoms with E-state index in [0.29, 0.717) is 31.6 Å². The largest absolute Gasteiger partial charge is 0.490 e. The number of anilines is 1. The molecule has 3 rings (SSSR count). The van der Waals surface area contributed by atoms with Gasteiger partial charge in [0.15, 0.2) is 0 Å². The van der Waals surface area contributed by atoms with Gasteiger partial charge in [-0.05, 0) is 17.7 Å². The van der Waals surface area contributed by atoms with E-state index in [1.807, 2.05) is 41.3 Å². The van der Waals surface area contributed by atoms with E-state index in [2.05, 4.69) is 9.88 Å². The van der Waals surface area contributed by atoms with E-state index in [1.165, 1.54) is 6.20 Å². The molecule has 2 N–H and O–H groups in total. The molecule has 0 aliphatic carbocycles. The first-order valence-electron chi connectivity index (χ1n) is 8.22. The molecule has 1 fully saturated rings. The van der Waals surface area contributed by atoms with Crippen molar-refractivity contribution >= 4 is 30.4 Å². The Labute approximate surface area is 147 Å². The predicted octanol–water partition coefficient (Wildman–Crippen LogP) is 0.123. The van der Waals surface area contributed by atoms with E-state index in [9.17, 15) is 4.79 Å². The molecule has 1 amide bonds. The molecular weight excluding hydrogens is 317 g/mol. The molecule has 7 heteroatoms. The number of rotatable bonds is 4. The number of carbonyl (C=O) groups is 1. The number of piperazine rings is 1. The second-order valence-corrected chi connectivity index (χ2v) is 5.88. The molecule has 1 aromatic carbocycles. The monoisotopic (exact) mass is 337 g/mol. The minimum atomic E-state index is -1.51. The van der Waals surface area contributed by atoms with Crippen LogP contribution in [0.25, 0.3) is 6.08 Å². The lowest BCUT2D eigenvalue weighted by atomic mass is 9.82. The zero-order chi connectivity index (χ0) is 17.6. The molecule has 25 heavy (non-hydrogen) atoms. The molecule has 2 aromatic rings. The van der Waals surface area contributed by atoms with Crippen molar-refractivity contribution in [1.82, 2.24) is 9.88 Å². The molecule has 0 saturated carbocycles. The summed E-state index contributed by atoms with van der Waals surface area (Å²) >= 11 is 0. The van der Waals surface area contributed by atoms with E-state index in [4.69, 9.17) is 10.0 Å². The quantitative estimate of drug-likeness (QED) is 0.612. The number of carbonyl (C=O) groups excluding carboxylic acids is 1. The number of hydrogen-bond acceptors (Lipinski definition) is 5. The summed E-state index contributed by atoms with van der Waals surface area (Å²) < 4.78 is 0. The summed E-state index contributed by atoms with van der Waals surface area (Å²) in [6.07, 6.45) is 4.90. The summed E-state index contributed by atoms with van der Waals surface area (Å²) in [6, 6.07) is 13.2. The van der Waals surface area contributed by atoms with Crippen LogP contribution in [-0.2, 0) is 4.79 Å². The first kappa shape index (κ1) is 17.2. The minimum absolute atomic E-state index is 0.00946. The van der Waals surface area contributed by atoms with Gasteiger partial charge in [-0.2, -0.15) is 0 Å². The lowest BCUT2D eigenvalue weighted by Gasteiger charge is -2.35. The van der Waals surface area contributed by atoms with E-state index in [0.717, 1.165) is 11.4 Å². The Kier molecular flexibility index (Phi) is 5.48. The smallest absolute Gasteiger partial charge is 0.423 e. The van der Waals surface area contributed by atoms with Crippen molar-refractivity contribution in [3.05, 3.63) is 60.3 Å². The maximum atomic E-state index is 12.3. The highest BCUT2D eigenvalue weighted by molar-refractivity contribution is 6.58. The van der Waals surface area contributed by atoms with Gasteiger partial charge >= 0.3 is 7.12 Å². The van der Waals surface area contributed by atoms with E-state index < -0.39 is 7.12 Å². The Hall–Kier alpha value is -2.64. The van der Waals surface area contributed by atoms with Crippen molar-refractivity contribution < 1.29 is 14.8 Å². The second-order valence-electron chi connectivity index (χ2n) is 5.88. The lowest BCUT2D eigenvalue weighted by Crippen LogP contribution is -2.48. The summed E-state index contributed by atoms with van der Waals surface area (Å²) in [5.74, 6) is 0.784. The Bertz CT molecular complexity index is 727. The standard InChI is InChI=1S/C18H20BN3O3/c23-18(9-6-15-4-2-1-3-5-15)22-12-10-21(11-13-22)17-8-7-16(14-20-17)19(24)25/h1-9,14,24-25H,10-13H2/b9-6+. The highest BCUT2D eigenvalue weighted by Crippen LogP contribution is 2.13. The van der Waals surface area contributed by atoms with Crippen molar-refractivity contribution in [2.24, 2.45) is 0 Å². The Balaban J connectivity index is 1.54. The van der Waals surface area contributed by atoms with E-state index in [1.54, 1.807) is 18.2 Å². The molecule has 0 radical (unpaired) electrons. The third kappa shape index (κ3) is 4.46. The molecule has 128 valence electrons. The normalized spacial score (nSPS) is 14.8. The van der Waals surface area contributed by atoms with Crippen molar-refractivity contribution in [3.8, 4) is 0 Å². The van der Waals surface area contributed by atoms with Gasteiger partial charge in [-0.25, -0.2) is 4.98 Å². The van der Waals surface area contributed by atoms with Crippen LogP contribution in [0.3, 0.4) is 0 Å². The van der Waals surface area contributed by atoms with Crippen molar-refractivity contribution in [3.63, 3.8) is 0 Å². The van der Waals surface area contributed by atoms with Crippen LogP contribution in [0.1, 0.15) is 5.56 Å². The average molecular weight is 337 g/mol. The molecule has 1 saturated heterocycles. The topological polar surface area (TPSA) is 76.9 Å². The van der Waals surface area contributed by atoms with Gasteiger partial charge < -0.3 is 19.8 Å². The number of pyridine rings is 1. The maximum Gasteiger partial charge on any atom is 0.490 e. The first-order chi connectivity index (χ1) is 12.1. The van der Waals surface area contributed by atoms with Crippen LogP contribution in [0, 0.1) is 0 Å². The van der Waals surface area contributed by atoms with Crippen LogP contribution in [-0.4, -0.2) is 59.1 Å². The number of nitrogens with zero attached hydrogens (tertiary/aromatic N) is 3. The summed E-state index contributed by atoms with van der Waals surface area (Å²) in [7, 11) is -1.51. The Morgan fingerprint density at radius 2 is 1.76 bits per heavy atom. The molecule has 0 bridgehead atoms. The van der Waals surface area contributed by atoms with Crippen molar-refractivity contribution in [1.29, 1.82) is 0 Å². The summed E-state index contributed by atoms with van der Waals surface area (Å²) in [6.45, 7) is 2.64. The van der Waals surface area contributed by atoms with Crippen molar-refractivity contribution in [2.75, 3.05) is 31.1 Å². The third-order valence-electron chi connectivity index (χ3n) is 4.20. The van der Waals surface area contributed by atoms with Crippen LogP contribution in [0.2, 0.25) is 0 Å². The first-order valence-corrected chi connectivity index (χ1v) is 8.22. The molecule has 6 nitrogen and oxygen atoms in total. The van der Waals surface area contributed by atoms with Gasteiger partial charge in [0.25, 0.3) is 0 Å². The zero-order valence-electron chi connectivity index (χ0n) is 13.8. The predicted molar refractivity (Wildman–Crippen MR) is 98.3 cm³/mol. The molecule has 2 heterocycles. The van der Waals surface area contributed by atoms with Crippen LogP contribution in [0.15, 0.2) is 54.7 Å². The number of benzene rings is 1. The molecule has 1 aliphatic rings. The number of amides is 1. The average Bonchev–Trinajstić information content (AvgIpc) is 2.67. The van der Waals surface area contributed by atoms with Gasteiger partial charge in [-0.3, -0.25) is 4.79 Å². The summed E-state index contributed by atoms with van der Waals surface area (Å²) in [5.41, 5.74) is 1.37. The van der Waals surface area contributed by atoms with Gasteiger partial charge in [0, 0.05) is 43.9 Å². The fourth-order valence-electron chi connectivity index (χ4n) is 2.73. The Morgan fingerprint density at radius 3 is 2.36 bits per heavy atom. The van der Waals surface area contributed by atoms with Crippen molar-refractivity contribution in [2.45, 2.75) is 0 Å². The minimum Gasteiger partial charge on any atom is -0.423 e. The molecular formula is C18H20BN3O3. The SMILES string of the molecule is O=C(/C=C/c1ccccc1)N1CCN(c2ccc(B(O)O)cn2)CC1. The number of aromatic nitrogens is 1. The maximum absolute atomic E-state index is 12.3. The van der Waals surface area contributed by atoms with Gasteiger partial charge in [-0.1, -0.05) is 36.4 Å². The number of hydrogen-bond donors (Lipinski definition) is 2. The van der Waals surface area contributed by atoms with Crippen LogP contribution in [0.5, 0.6) is 0 Å². The van der Waals surface area contributed by atoms with Crippen LogP contribution >= 0.6 is 0 Å². The Morgan fingerprint density at radius 1 is 1.04 bits per heavy atom. The molecule has 1 aliphatic heterocycles. The second kappa shape index (κ2) is 7.96. The summed E-state index contributed by atoms with van der Waals surface area (Å²) in [4.78, 5) is 20.4. The van der Waals surface area contributed by atoms with Gasteiger partial charge in [0.1, 0.15) is 5.82 Å². The molecule has 1 aromatic heterocycles. The molecule has 0 atom stereocenters. The zero-order valence-corrected chi connectivity index (χ0v) is 13.8. The van der Waals surface area contributed by atoms with E-state index in [-0.39, 0.29) is 5.91 Å².